The summed E-state index contributed by atoms with van der Waals surface area (Å²) in [4.78, 5) is 22.8. The lowest BCUT2D eigenvalue weighted by atomic mass is 9.68. The largest absolute Gasteiger partial charge is 0.481 e. The summed E-state index contributed by atoms with van der Waals surface area (Å²) in [7, 11) is 0. The SMILES string of the molecule is CC(C(=O)O)C(c1ccccc1)C(C)(C)C(N)=O. The third kappa shape index (κ3) is 2.70. The van der Waals surface area contributed by atoms with Crippen LogP contribution in [0.25, 0.3) is 0 Å². The molecule has 0 aliphatic carbocycles. The Kier molecular flexibility index (Phi) is 4.11. The topological polar surface area (TPSA) is 80.4 Å². The summed E-state index contributed by atoms with van der Waals surface area (Å²) in [6.45, 7) is 4.98. The van der Waals surface area contributed by atoms with E-state index in [1.807, 2.05) is 30.3 Å². The first kappa shape index (κ1) is 14.2. The Balaban J connectivity index is 3.28. The van der Waals surface area contributed by atoms with Crippen LogP contribution in [0.4, 0.5) is 0 Å². The molecule has 0 saturated carbocycles. The fourth-order valence-electron chi connectivity index (χ4n) is 2.29. The molecule has 0 saturated heterocycles. The highest BCUT2D eigenvalue weighted by molar-refractivity contribution is 5.83. The predicted molar refractivity (Wildman–Crippen MR) is 69.0 cm³/mol. The second kappa shape index (κ2) is 5.21. The quantitative estimate of drug-likeness (QED) is 0.837. The van der Waals surface area contributed by atoms with E-state index in [0.29, 0.717) is 0 Å². The maximum atomic E-state index is 11.6. The van der Waals surface area contributed by atoms with Crippen LogP contribution < -0.4 is 5.73 Å². The van der Waals surface area contributed by atoms with Crippen molar-refractivity contribution >= 4 is 11.9 Å². The molecule has 3 N–H and O–H groups in total. The molecule has 98 valence electrons. The highest BCUT2D eigenvalue weighted by Crippen LogP contribution is 2.41. The van der Waals surface area contributed by atoms with E-state index >= 15 is 0 Å². The average molecular weight is 249 g/mol. The maximum Gasteiger partial charge on any atom is 0.306 e. The molecule has 4 nitrogen and oxygen atoms in total. The first-order valence-electron chi connectivity index (χ1n) is 5.86. The summed E-state index contributed by atoms with van der Waals surface area (Å²) >= 11 is 0. The lowest BCUT2D eigenvalue weighted by molar-refractivity contribution is -0.144. The fourth-order valence-corrected chi connectivity index (χ4v) is 2.29. The van der Waals surface area contributed by atoms with Crippen LogP contribution in [0.15, 0.2) is 30.3 Å². The molecule has 2 atom stereocenters. The summed E-state index contributed by atoms with van der Waals surface area (Å²) in [5, 5.41) is 9.21. The van der Waals surface area contributed by atoms with Crippen molar-refractivity contribution in [3.63, 3.8) is 0 Å². The number of rotatable bonds is 5. The van der Waals surface area contributed by atoms with Crippen LogP contribution in [0.1, 0.15) is 32.3 Å². The van der Waals surface area contributed by atoms with Gasteiger partial charge >= 0.3 is 5.97 Å². The summed E-state index contributed by atoms with van der Waals surface area (Å²) in [6.07, 6.45) is 0. The van der Waals surface area contributed by atoms with Gasteiger partial charge in [-0.25, -0.2) is 0 Å². The number of amides is 1. The molecule has 0 aromatic heterocycles. The van der Waals surface area contributed by atoms with Gasteiger partial charge < -0.3 is 10.8 Å². The van der Waals surface area contributed by atoms with E-state index < -0.39 is 29.1 Å². The number of aliphatic carboxylic acids is 1. The van der Waals surface area contributed by atoms with E-state index in [-0.39, 0.29) is 0 Å². The molecule has 0 fully saturated rings. The zero-order valence-electron chi connectivity index (χ0n) is 10.9. The van der Waals surface area contributed by atoms with Gasteiger partial charge in [0.15, 0.2) is 0 Å². The Hall–Kier alpha value is -1.84. The Morgan fingerprint density at radius 3 is 2.11 bits per heavy atom. The van der Waals surface area contributed by atoms with E-state index in [1.54, 1.807) is 20.8 Å². The number of primary amides is 1. The van der Waals surface area contributed by atoms with Crippen molar-refractivity contribution in [3.05, 3.63) is 35.9 Å². The smallest absolute Gasteiger partial charge is 0.306 e. The number of nitrogens with two attached hydrogens (primary N) is 1. The van der Waals surface area contributed by atoms with Crippen molar-refractivity contribution in [2.24, 2.45) is 17.1 Å². The molecule has 4 heteroatoms. The van der Waals surface area contributed by atoms with Gasteiger partial charge in [-0.15, -0.1) is 0 Å². The summed E-state index contributed by atoms with van der Waals surface area (Å²) in [5.74, 6) is -2.56. The van der Waals surface area contributed by atoms with Crippen molar-refractivity contribution in [3.8, 4) is 0 Å². The first-order chi connectivity index (χ1) is 8.28. The molecule has 0 radical (unpaired) electrons. The van der Waals surface area contributed by atoms with E-state index in [4.69, 9.17) is 5.73 Å². The molecule has 1 amide bonds. The zero-order chi connectivity index (χ0) is 13.9. The molecule has 2 unspecified atom stereocenters. The van der Waals surface area contributed by atoms with Gasteiger partial charge in [-0.05, 0) is 5.56 Å². The molecule has 18 heavy (non-hydrogen) atoms. The number of benzene rings is 1. The van der Waals surface area contributed by atoms with Gasteiger partial charge in [0.05, 0.1) is 11.3 Å². The van der Waals surface area contributed by atoms with E-state index in [0.717, 1.165) is 5.56 Å². The number of carbonyl (C=O) groups is 2. The van der Waals surface area contributed by atoms with Crippen molar-refractivity contribution in [1.29, 1.82) is 0 Å². The lowest BCUT2D eigenvalue weighted by Crippen LogP contribution is -2.41. The van der Waals surface area contributed by atoms with Gasteiger partial charge in [-0.1, -0.05) is 51.1 Å². The van der Waals surface area contributed by atoms with E-state index in [9.17, 15) is 14.7 Å². The molecule has 0 bridgehead atoms. The fraction of sp³-hybridized carbons (Fsp3) is 0.429. The van der Waals surface area contributed by atoms with Crippen LogP contribution in [0.5, 0.6) is 0 Å². The van der Waals surface area contributed by atoms with Crippen LogP contribution >= 0.6 is 0 Å². The second-order valence-electron chi connectivity index (χ2n) is 5.10. The number of hydrogen-bond donors (Lipinski definition) is 2. The minimum atomic E-state index is -0.932. The van der Waals surface area contributed by atoms with Crippen LogP contribution in [0.2, 0.25) is 0 Å². The third-order valence-corrected chi connectivity index (χ3v) is 3.46. The minimum Gasteiger partial charge on any atom is -0.481 e. The average Bonchev–Trinajstić information content (AvgIpc) is 2.29. The number of carboxylic acid groups (broad SMARTS) is 1. The van der Waals surface area contributed by atoms with Crippen LogP contribution in [0, 0.1) is 11.3 Å². The highest BCUT2D eigenvalue weighted by atomic mass is 16.4. The standard InChI is InChI=1S/C14H19NO3/c1-9(12(16)17)11(14(2,3)13(15)18)10-7-5-4-6-8-10/h4-9,11H,1-3H3,(H2,15,18)(H,16,17). The molecule has 1 aromatic rings. The second-order valence-corrected chi connectivity index (χ2v) is 5.10. The molecular weight excluding hydrogens is 230 g/mol. The van der Waals surface area contributed by atoms with Gasteiger partial charge in [0.1, 0.15) is 0 Å². The normalized spacial score (nSPS) is 14.8. The maximum absolute atomic E-state index is 11.6. The first-order valence-corrected chi connectivity index (χ1v) is 5.86. The Morgan fingerprint density at radius 1 is 1.22 bits per heavy atom. The van der Waals surface area contributed by atoms with Crippen LogP contribution in [0.3, 0.4) is 0 Å². The Bertz CT molecular complexity index is 440. The molecule has 0 heterocycles. The molecule has 0 aliphatic rings. The molecule has 0 aliphatic heterocycles. The molecular formula is C14H19NO3. The number of carbonyl (C=O) groups excluding carboxylic acids is 1. The van der Waals surface area contributed by atoms with Crippen molar-refractivity contribution < 1.29 is 14.7 Å². The van der Waals surface area contributed by atoms with E-state index in [2.05, 4.69) is 0 Å². The summed E-state index contributed by atoms with van der Waals surface area (Å²) in [5.41, 5.74) is 5.31. The van der Waals surface area contributed by atoms with Gasteiger partial charge in [-0.3, -0.25) is 9.59 Å². The molecule has 1 rings (SSSR count). The number of hydrogen-bond acceptors (Lipinski definition) is 2. The summed E-state index contributed by atoms with van der Waals surface area (Å²) < 4.78 is 0. The summed E-state index contributed by atoms with van der Waals surface area (Å²) in [6, 6.07) is 9.16. The van der Waals surface area contributed by atoms with Crippen molar-refractivity contribution in [2.75, 3.05) is 0 Å². The van der Waals surface area contributed by atoms with Crippen molar-refractivity contribution in [2.45, 2.75) is 26.7 Å². The lowest BCUT2D eigenvalue weighted by Gasteiger charge is -2.34. The van der Waals surface area contributed by atoms with Gasteiger partial charge in [-0.2, -0.15) is 0 Å². The Morgan fingerprint density at radius 2 is 1.72 bits per heavy atom. The van der Waals surface area contributed by atoms with Gasteiger partial charge in [0.2, 0.25) is 5.91 Å². The van der Waals surface area contributed by atoms with Crippen molar-refractivity contribution in [1.82, 2.24) is 0 Å². The van der Waals surface area contributed by atoms with Gasteiger partial charge in [0, 0.05) is 5.92 Å². The predicted octanol–water partition coefficient (Wildman–Crippen LogP) is 2.00. The van der Waals surface area contributed by atoms with E-state index in [1.165, 1.54) is 0 Å². The zero-order valence-corrected chi connectivity index (χ0v) is 10.9. The third-order valence-electron chi connectivity index (χ3n) is 3.46. The molecule has 1 aromatic carbocycles. The van der Waals surface area contributed by atoms with Crippen LogP contribution in [-0.4, -0.2) is 17.0 Å². The Labute approximate surface area is 107 Å². The highest BCUT2D eigenvalue weighted by Gasteiger charge is 2.41. The minimum absolute atomic E-state index is 0.450. The van der Waals surface area contributed by atoms with Crippen LogP contribution in [-0.2, 0) is 9.59 Å². The number of carboxylic acids is 1. The monoisotopic (exact) mass is 249 g/mol. The molecule has 0 spiro atoms. The van der Waals surface area contributed by atoms with Gasteiger partial charge in [0.25, 0.3) is 0 Å².